The van der Waals surface area contributed by atoms with Crippen molar-refractivity contribution in [1.29, 1.82) is 0 Å². The van der Waals surface area contributed by atoms with Crippen LogP contribution >= 0.6 is 58.3 Å². The number of nitrogens with one attached hydrogen (secondary N) is 2. The summed E-state index contributed by atoms with van der Waals surface area (Å²) >= 11 is 20.6. The van der Waals surface area contributed by atoms with Crippen LogP contribution in [0.2, 0.25) is 15.1 Å². The number of thioether (sulfide) groups is 2. The number of aromatic nitrogens is 1. The molecule has 0 unspecified atom stereocenters. The Hall–Kier alpha value is -4.28. The second-order valence-corrected chi connectivity index (χ2v) is 15.2. The summed E-state index contributed by atoms with van der Waals surface area (Å²) in [6.07, 6.45) is 5.27. The minimum absolute atomic E-state index is 0.0563. The lowest BCUT2D eigenvalue weighted by Gasteiger charge is -2.49. The molecule has 0 bridgehead atoms. The number of phenolic OH excluding ortho intramolecular Hbond substituents is 1. The van der Waals surface area contributed by atoms with Crippen LogP contribution in [0.3, 0.4) is 0 Å². The van der Waals surface area contributed by atoms with Crippen LogP contribution in [0.4, 0.5) is 10.1 Å². The summed E-state index contributed by atoms with van der Waals surface area (Å²) in [5, 5.41) is 24.9. The molecule has 270 valence electrons. The van der Waals surface area contributed by atoms with E-state index in [1.165, 1.54) is 23.9 Å². The van der Waals surface area contributed by atoms with E-state index >= 15 is 0 Å². The first-order valence-electron chi connectivity index (χ1n) is 15.5. The molecule has 3 aliphatic heterocycles. The van der Waals surface area contributed by atoms with E-state index in [9.17, 15) is 38.6 Å². The monoisotopic (exact) mass is 806 g/mol. The fraction of sp³-hybridized carbons (Fsp3) is 0.235. The van der Waals surface area contributed by atoms with E-state index in [2.05, 4.69) is 10.6 Å². The second-order valence-electron chi connectivity index (χ2n) is 11.9. The molecular formula is C34H28Cl3FN5O7S2+. The van der Waals surface area contributed by atoms with Crippen LogP contribution in [-0.2, 0) is 37.1 Å². The minimum Gasteiger partial charge on any atom is -0.505 e. The summed E-state index contributed by atoms with van der Waals surface area (Å²) in [7, 11) is 0. The number of aliphatic carboxylic acids is 1. The van der Waals surface area contributed by atoms with Gasteiger partial charge in [-0.3, -0.25) is 24.1 Å². The number of halogens is 4. The number of benzene rings is 2. The van der Waals surface area contributed by atoms with Gasteiger partial charge in [-0.25, -0.2) is 9.18 Å². The van der Waals surface area contributed by atoms with Crippen molar-refractivity contribution in [2.45, 2.75) is 35.8 Å². The molecule has 4 amide bonds. The van der Waals surface area contributed by atoms with Gasteiger partial charge in [0, 0.05) is 53.2 Å². The van der Waals surface area contributed by atoms with Gasteiger partial charge in [0.15, 0.2) is 24.0 Å². The Morgan fingerprint density at radius 3 is 2.48 bits per heavy atom. The maximum Gasteiger partial charge on any atom is 0.352 e. The van der Waals surface area contributed by atoms with Gasteiger partial charge in [-0.2, -0.15) is 4.57 Å². The zero-order chi connectivity index (χ0) is 37.3. The summed E-state index contributed by atoms with van der Waals surface area (Å²) in [5.41, 5.74) is 1.52. The van der Waals surface area contributed by atoms with E-state index in [0.29, 0.717) is 34.0 Å². The Balaban J connectivity index is 1.04. The predicted molar refractivity (Wildman–Crippen MR) is 193 cm³/mol. The summed E-state index contributed by atoms with van der Waals surface area (Å²) in [6, 6.07) is 9.16. The Bertz CT molecular complexity index is 2070. The normalized spacial score (nSPS) is 19.1. The fourth-order valence-corrected chi connectivity index (χ4v) is 8.61. The van der Waals surface area contributed by atoms with Gasteiger partial charge in [-0.1, -0.05) is 34.8 Å². The number of allylic oxidation sites excluding steroid dienone is 1. The molecule has 0 radical (unpaired) electrons. The van der Waals surface area contributed by atoms with Gasteiger partial charge in [-0.05, 0) is 47.9 Å². The smallest absolute Gasteiger partial charge is 0.352 e. The van der Waals surface area contributed by atoms with Gasteiger partial charge in [-0.15, -0.1) is 23.5 Å². The van der Waals surface area contributed by atoms with Crippen molar-refractivity contribution in [3.8, 4) is 5.75 Å². The van der Waals surface area contributed by atoms with E-state index in [-0.39, 0.29) is 51.9 Å². The van der Waals surface area contributed by atoms with Crippen molar-refractivity contribution in [2.24, 2.45) is 0 Å². The number of phenols is 1. The molecule has 0 spiro atoms. The topological polar surface area (TPSA) is 160 Å². The van der Waals surface area contributed by atoms with Gasteiger partial charge >= 0.3 is 5.97 Å². The molecule has 2 saturated heterocycles. The highest BCUT2D eigenvalue weighted by atomic mass is 35.5. The predicted octanol–water partition coefficient (Wildman–Crippen LogP) is 4.61. The first-order chi connectivity index (χ1) is 24.8. The molecule has 2 atom stereocenters. The maximum atomic E-state index is 13.6. The van der Waals surface area contributed by atoms with E-state index in [4.69, 9.17) is 34.8 Å². The van der Waals surface area contributed by atoms with E-state index in [1.54, 1.807) is 46.1 Å². The number of pyridine rings is 1. The Morgan fingerprint density at radius 2 is 1.77 bits per heavy atom. The standard InChI is InChI=1S/C34H27Cl3FN5O7S2/c35-21-11-23(37)26(12-22(21)36)51-16-28(46)40-29-32(48)43-30(34(49)50)19(15-52-33(29)43)9-18-5-8-42(31(18)47)13-17-3-6-41(7-4-17)14-27(45)39-20-1-2-25(44)24(38)10-20/h1-4,6-7,9-12,29,33H,5,8,13-16H2,(H3-,39,40,44,45,46,49,50)/p+1/b18-9+/t29-,33-/m1/s1. The van der Waals surface area contributed by atoms with Crippen LogP contribution in [0.15, 0.2) is 82.7 Å². The molecule has 4 heterocycles. The molecular weight excluding hydrogens is 780 g/mol. The van der Waals surface area contributed by atoms with E-state index < -0.39 is 46.7 Å². The van der Waals surface area contributed by atoms with Crippen LogP contribution in [0, 0.1) is 5.82 Å². The third-order valence-corrected chi connectivity index (χ3v) is 11.8. The molecule has 4 N–H and O–H groups in total. The van der Waals surface area contributed by atoms with Crippen molar-refractivity contribution in [3.05, 3.63) is 104 Å². The van der Waals surface area contributed by atoms with Crippen molar-refractivity contribution in [3.63, 3.8) is 0 Å². The number of anilines is 1. The third-order valence-electron chi connectivity index (χ3n) is 8.30. The SMILES string of the molecule is O=C(C[n+]1ccc(CN2CC/C(=C\C3=C(C(=O)O)N4C(=O)[C@@H](NC(=O)CSc5cc(Cl)c(Cl)cc5Cl)[C@H]4SC3)C2=O)cc1)Nc1ccc(O)c(F)c1. The first kappa shape index (κ1) is 37.5. The number of likely N-dealkylation sites (tertiary alicyclic amines) is 1. The Morgan fingerprint density at radius 1 is 1.04 bits per heavy atom. The number of nitrogens with zero attached hydrogens (tertiary/aromatic N) is 3. The average molecular weight is 808 g/mol. The fourth-order valence-electron chi connectivity index (χ4n) is 5.76. The number of hydrogen-bond acceptors (Lipinski definition) is 8. The molecule has 2 fully saturated rings. The zero-order valence-corrected chi connectivity index (χ0v) is 30.7. The maximum absolute atomic E-state index is 13.6. The molecule has 12 nitrogen and oxygen atoms in total. The van der Waals surface area contributed by atoms with Crippen LogP contribution in [0.25, 0.3) is 0 Å². The number of fused-ring (bicyclic) bond motifs is 1. The highest BCUT2D eigenvalue weighted by molar-refractivity contribution is 8.00. The number of hydrogen-bond donors (Lipinski definition) is 4. The molecule has 3 aromatic rings. The number of β-lactam (4-membered cyclic amide) rings is 1. The lowest BCUT2D eigenvalue weighted by molar-refractivity contribution is -0.684. The zero-order valence-electron chi connectivity index (χ0n) is 26.8. The number of carboxylic acids is 1. The Kier molecular flexibility index (Phi) is 11.4. The van der Waals surface area contributed by atoms with Gasteiger partial charge in [0.05, 0.1) is 20.8 Å². The van der Waals surface area contributed by atoms with Gasteiger partial charge < -0.3 is 25.7 Å². The summed E-state index contributed by atoms with van der Waals surface area (Å²) in [6.45, 7) is 0.622. The van der Waals surface area contributed by atoms with Crippen molar-refractivity contribution >= 4 is 93.6 Å². The first-order valence-corrected chi connectivity index (χ1v) is 18.7. The highest BCUT2D eigenvalue weighted by Crippen LogP contribution is 2.42. The van der Waals surface area contributed by atoms with Crippen LogP contribution < -0.4 is 15.2 Å². The lowest BCUT2D eigenvalue weighted by atomic mass is 10.0. The Labute approximate surface area is 319 Å². The molecule has 0 saturated carbocycles. The quantitative estimate of drug-likeness (QED) is 0.0542. The summed E-state index contributed by atoms with van der Waals surface area (Å²) in [4.78, 5) is 67.3. The molecule has 6 rings (SSSR count). The van der Waals surface area contributed by atoms with Crippen molar-refractivity contribution in [1.82, 2.24) is 15.1 Å². The minimum atomic E-state index is -1.32. The molecule has 1 aromatic heterocycles. The van der Waals surface area contributed by atoms with Crippen molar-refractivity contribution < 1.29 is 43.1 Å². The van der Waals surface area contributed by atoms with Gasteiger partial charge in [0.25, 0.3) is 11.8 Å². The lowest BCUT2D eigenvalue weighted by Crippen LogP contribution is -2.70. The molecule has 2 aromatic carbocycles. The largest absolute Gasteiger partial charge is 0.505 e. The summed E-state index contributed by atoms with van der Waals surface area (Å²) in [5.74, 6) is -4.22. The molecule has 52 heavy (non-hydrogen) atoms. The van der Waals surface area contributed by atoms with Gasteiger partial charge in [0.1, 0.15) is 17.1 Å². The van der Waals surface area contributed by atoms with Crippen LogP contribution in [0.5, 0.6) is 5.75 Å². The number of rotatable bonds is 11. The van der Waals surface area contributed by atoms with Crippen molar-refractivity contribution in [2.75, 3.05) is 23.4 Å². The molecule has 0 aliphatic carbocycles. The number of carboxylic acid groups (broad SMARTS) is 1. The van der Waals surface area contributed by atoms with Crippen LogP contribution in [0.1, 0.15) is 12.0 Å². The second kappa shape index (κ2) is 15.8. The average Bonchev–Trinajstić information content (AvgIpc) is 3.44. The molecule has 18 heteroatoms. The molecule has 3 aliphatic rings. The number of carbonyl (C=O) groups excluding carboxylic acids is 4. The number of aromatic hydroxyl groups is 1. The van der Waals surface area contributed by atoms with E-state index in [1.807, 2.05) is 0 Å². The van der Waals surface area contributed by atoms with Gasteiger partial charge in [0.2, 0.25) is 18.4 Å². The van der Waals surface area contributed by atoms with E-state index in [0.717, 1.165) is 34.4 Å². The number of carbonyl (C=O) groups is 5. The van der Waals surface area contributed by atoms with Crippen LogP contribution in [-0.4, -0.2) is 79.1 Å². The highest BCUT2D eigenvalue weighted by Gasteiger charge is 2.54. The third kappa shape index (κ3) is 8.18. The summed E-state index contributed by atoms with van der Waals surface area (Å²) < 4.78 is 15.2. The number of amides is 4.